The molecule has 2 aliphatic rings. The van der Waals surface area contributed by atoms with Crippen LogP contribution < -0.4 is 0 Å². The molecule has 0 aromatic heterocycles. The summed E-state index contributed by atoms with van der Waals surface area (Å²) in [5.74, 6) is -1.12. The van der Waals surface area contributed by atoms with Gasteiger partial charge in [0.25, 0.3) is 5.91 Å². The van der Waals surface area contributed by atoms with Crippen LogP contribution in [0.5, 0.6) is 0 Å². The Balaban J connectivity index is 1.65. The zero-order valence-electron chi connectivity index (χ0n) is 12.9. The number of carboxylic acids is 1. The van der Waals surface area contributed by atoms with Crippen LogP contribution in [0.3, 0.4) is 0 Å². The smallest absolute Gasteiger partial charge is 0.307 e. The van der Waals surface area contributed by atoms with Crippen LogP contribution in [0, 0.1) is 11.3 Å². The maximum atomic E-state index is 12.5. The minimum absolute atomic E-state index is 0.108. The first-order chi connectivity index (χ1) is 10.7. The lowest BCUT2D eigenvalue weighted by Gasteiger charge is -2.32. The molecule has 1 heterocycles. The monoisotopic (exact) mass is 337 g/mol. The molecule has 1 unspecified atom stereocenters. The SMILES string of the molecule is CS(=O)(=O)c1ccc(C(=O)N2CCC3(CC2)CC3C(=O)O)cc1. The minimum Gasteiger partial charge on any atom is -0.481 e. The van der Waals surface area contributed by atoms with Gasteiger partial charge in [-0.3, -0.25) is 9.59 Å². The molecule has 0 bridgehead atoms. The van der Waals surface area contributed by atoms with Crippen molar-refractivity contribution in [1.82, 2.24) is 4.90 Å². The normalized spacial score (nSPS) is 22.8. The van der Waals surface area contributed by atoms with Gasteiger partial charge >= 0.3 is 5.97 Å². The number of carboxylic acid groups (broad SMARTS) is 1. The van der Waals surface area contributed by atoms with Crippen LogP contribution in [0.1, 0.15) is 29.6 Å². The Morgan fingerprint density at radius 1 is 1.17 bits per heavy atom. The van der Waals surface area contributed by atoms with E-state index < -0.39 is 15.8 Å². The number of benzene rings is 1. The molecule has 1 amide bonds. The van der Waals surface area contributed by atoms with Gasteiger partial charge in [0.2, 0.25) is 0 Å². The van der Waals surface area contributed by atoms with Gasteiger partial charge in [0.1, 0.15) is 0 Å². The van der Waals surface area contributed by atoms with E-state index in [0.717, 1.165) is 19.1 Å². The molecule has 7 heteroatoms. The predicted octanol–water partition coefficient (Wildman–Crippen LogP) is 1.42. The van der Waals surface area contributed by atoms with Crippen LogP contribution in [-0.4, -0.2) is 49.6 Å². The molecule has 1 spiro atoms. The maximum Gasteiger partial charge on any atom is 0.307 e. The van der Waals surface area contributed by atoms with Crippen molar-refractivity contribution in [1.29, 1.82) is 0 Å². The number of piperidine rings is 1. The Labute approximate surface area is 135 Å². The molecule has 0 radical (unpaired) electrons. The Kier molecular flexibility index (Phi) is 3.71. The first-order valence-electron chi connectivity index (χ1n) is 7.55. The summed E-state index contributed by atoms with van der Waals surface area (Å²) < 4.78 is 22.9. The fourth-order valence-corrected chi connectivity index (χ4v) is 4.06. The lowest BCUT2D eigenvalue weighted by Crippen LogP contribution is -2.40. The molecule has 1 atom stereocenters. The third kappa shape index (κ3) is 2.97. The third-order valence-corrected chi connectivity index (χ3v) is 6.19. The second-order valence-electron chi connectivity index (χ2n) is 6.55. The summed E-state index contributed by atoms with van der Waals surface area (Å²) in [4.78, 5) is 25.4. The summed E-state index contributed by atoms with van der Waals surface area (Å²) in [5, 5.41) is 9.09. The standard InChI is InChI=1S/C16H19NO5S/c1-23(21,22)12-4-2-11(3-5-12)14(18)17-8-6-16(7-9-17)10-13(16)15(19)20/h2-5,13H,6-10H2,1H3,(H,19,20). The van der Waals surface area contributed by atoms with E-state index in [1.165, 1.54) is 24.3 Å². The largest absolute Gasteiger partial charge is 0.481 e. The highest BCUT2D eigenvalue weighted by Crippen LogP contribution is 2.59. The molecule has 1 aliphatic carbocycles. The summed E-state index contributed by atoms with van der Waals surface area (Å²) >= 11 is 0. The minimum atomic E-state index is -3.27. The summed E-state index contributed by atoms with van der Waals surface area (Å²) in [7, 11) is -3.27. The molecule has 6 nitrogen and oxygen atoms in total. The predicted molar refractivity (Wildman–Crippen MR) is 82.9 cm³/mol. The van der Waals surface area contributed by atoms with Crippen LogP contribution >= 0.6 is 0 Å². The number of carbonyl (C=O) groups is 2. The summed E-state index contributed by atoms with van der Waals surface area (Å²) in [5.41, 5.74) is 0.349. The summed E-state index contributed by atoms with van der Waals surface area (Å²) in [6, 6.07) is 5.94. The average Bonchev–Trinajstić information content (AvgIpc) is 3.21. The van der Waals surface area contributed by atoms with Crippen molar-refractivity contribution in [2.75, 3.05) is 19.3 Å². The van der Waals surface area contributed by atoms with E-state index >= 15 is 0 Å². The zero-order chi connectivity index (χ0) is 16.8. The van der Waals surface area contributed by atoms with Crippen LogP contribution in [0.15, 0.2) is 29.2 Å². The maximum absolute atomic E-state index is 12.5. The topological polar surface area (TPSA) is 91.8 Å². The van der Waals surface area contributed by atoms with E-state index in [1.54, 1.807) is 4.90 Å². The Bertz CT molecular complexity index is 745. The van der Waals surface area contributed by atoms with Crippen molar-refractivity contribution in [2.45, 2.75) is 24.2 Å². The fraction of sp³-hybridized carbons (Fsp3) is 0.500. The van der Waals surface area contributed by atoms with Gasteiger partial charge in [0.05, 0.1) is 10.8 Å². The second kappa shape index (κ2) is 5.33. The molecule has 1 aromatic rings. The van der Waals surface area contributed by atoms with Crippen LogP contribution in [-0.2, 0) is 14.6 Å². The molecule has 2 fully saturated rings. The number of carbonyl (C=O) groups excluding carboxylic acids is 1. The quantitative estimate of drug-likeness (QED) is 0.900. The van der Waals surface area contributed by atoms with Gasteiger partial charge in [-0.25, -0.2) is 8.42 Å². The highest BCUT2D eigenvalue weighted by molar-refractivity contribution is 7.90. The molecule has 23 heavy (non-hydrogen) atoms. The molecule has 1 saturated heterocycles. The highest BCUT2D eigenvalue weighted by Gasteiger charge is 2.59. The average molecular weight is 337 g/mol. The molecule has 1 N–H and O–H groups in total. The van der Waals surface area contributed by atoms with Gasteiger partial charge in [-0.1, -0.05) is 0 Å². The number of aliphatic carboxylic acids is 1. The third-order valence-electron chi connectivity index (χ3n) is 5.06. The van der Waals surface area contributed by atoms with Crippen LogP contribution in [0.25, 0.3) is 0 Å². The molecular weight excluding hydrogens is 318 g/mol. The Hall–Kier alpha value is -1.89. The molecule has 1 aromatic carbocycles. The van der Waals surface area contributed by atoms with E-state index in [-0.39, 0.29) is 22.1 Å². The number of sulfone groups is 1. The van der Waals surface area contributed by atoms with E-state index in [9.17, 15) is 18.0 Å². The molecule has 1 aliphatic heterocycles. The lowest BCUT2D eigenvalue weighted by molar-refractivity contribution is -0.139. The van der Waals surface area contributed by atoms with Crippen molar-refractivity contribution in [3.8, 4) is 0 Å². The summed E-state index contributed by atoms with van der Waals surface area (Å²) in [6.45, 7) is 1.10. The van der Waals surface area contributed by atoms with Gasteiger partial charge in [0, 0.05) is 24.9 Å². The van der Waals surface area contributed by atoms with Crippen molar-refractivity contribution in [3.63, 3.8) is 0 Å². The van der Waals surface area contributed by atoms with Crippen molar-refractivity contribution < 1.29 is 23.1 Å². The fourth-order valence-electron chi connectivity index (χ4n) is 3.43. The van der Waals surface area contributed by atoms with E-state index in [0.29, 0.717) is 25.1 Å². The highest BCUT2D eigenvalue weighted by atomic mass is 32.2. The van der Waals surface area contributed by atoms with Gasteiger partial charge in [0.15, 0.2) is 9.84 Å². The number of likely N-dealkylation sites (tertiary alicyclic amines) is 1. The zero-order valence-corrected chi connectivity index (χ0v) is 13.7. The Morgan fingerprint density at radius 2 is 1.74 bits per heavy atom. The lowest BCUT2D eigenvalue weighted by atomic mass is 9.90. The molecule has 3 rings (SSSR count). The molecule has 124 valence electrons. The molecule has 1 saturated carbocycles. The van der Waals surface area contributed by atoms with Gasteiger partial charge in [-0.05, 0) is 48.9 Å². The van der Waals surface area contributed by atoms with E-state index in [1.807, 2.05) is 0 Å². The first-order valence-corrected chi connectivity index (χ1v) is 9.44. The summed E-state index contributed by atoms with van der Waals surface area (Å²) in [6.07, 6.45) is 3.28. The van der Waals surface area contributed by atoms with Crippen molar-refractivity contribution >= 4 is 21.7 Å². The van der Waals surface area contributed by atoms with Gasteiger partial charge in [-0.2, -0.15) is 0 Å². The van der Waals surface area contributed by atoms with E-state index in [2.05, 4.69) is 0 Å². The van der Waals surface area contributed by atoms with Crippen LogP contribution in [0.2, 0.25) is 0 Å². The number of nitrogens with zero attached hydrogens (tertiary/aromatic N) is 1. The number of rotatable bonds is 3. The van der Waals surface area contributed by atoms with Crippen molar-refractivity contribution in [2.24, 2.45) is 11.3 Å². The number of hydrogen-bond donors (Lipinski definition) is 1. The van der Waals surface area contributed by atoms with Gasteiger partial charge in [-0.15, -0.1) is 0 Å². The Morgan fingerprint density at radius 3 is 2.17 bits per heavy atom. The van der Waals surface area contributed by atoms with Crippen LogP contribution in [0.4, 0.5) is 0 Å². The number of hydrogen-bond acceptors (Lipinski definition) is 4. The first kappa shape index (κ1) is 16.0. The number of amides is 1. The van der Waals surface area contributed by atoms with E-state index in [4.69, 9.17) is 5.11 Å². The second-order valence-corrected chi connectivity index (χ2v) is 8.56. The molecular formula is C16H19NO5S. The van der Waals surface area contributed by atoms with Gasteiger partial charge < -0.3 is 10.0 Å². The van der Waals surface area contributed by atoms with Crippen molar-refractivity contribution in [3.05, 3.63) is 29.8 Å².